The summed E-state index contributed by atoms with van der Waals surface area (Å²) in [5.41, 5.74) is 3.55. The van der Waals surface area contributed by atoms with Crippen LogP contribution in [0.4, 0.5) is 10.8 Å². The van der Waals surface area contributed by atoms with E-state index in [1.807, 2.05) is 41.8 Å². The molecule has 4 aromatic rings. The van der Waals surface area contributed by atoms with E-state index in [1.54, 1.807) is 20.3 Å². The number of hydrogen-bond donors (Lipinski definition) is 1. The van der Waals surface area contributed by atoms with E-state index in [4.69, 9.17) is 9.47 Å². The van der Waals surface area contributed by atoms with E-state index in [2.05, 4.69) is 10.3 Å². The molecule has 1 aromatic heterocycles. The number of para-hydroxylation sites is 1. The van der Waals surface area contributed by atoms with Gasteiger partial charge in [-0.15, -0.1) is 11.3 Å². The molecule has 0 radical (unpaired) electrons. The van der Waals surface area contributed by atoms with Crippen molar-refractivity contribution < 1.29 is 22.7 Å². The second-order valence-electron chi connectivity index (χ2n) is 8.04. The van der Waals surface area contributed by atoms with Gasteiger partial charge in [0.2, 0.25) is 0 Å². The van der Waals surface area contributed by atoms with Gasteiger partial charge in [-0.05, 0) is 60.5 Å². The van der Waals surface area contributed by atoms with Gasteiger partial charge in [0.15, 0.2) is 16.6 Å². The largest absolute Gasteiger partial charge is 0.493 e. The lowest BCUT2D eigenvalue weighted by Gasteiger charge is -2.19. The highest BCUT2D eigenvalue weighted by Crippen LogP contribution is 2.34. The maximum atomic E-state index is 13.2. The molecule has 0 bridgehead atoms. The first-order chi connectivity index (χ1) is 17.4. The van der Waals surface area contributed by atoms with Crippen LogP contribution >= 0.6 is 11.3 Å². The van der Waals surface area contributed by atoms with E-state index in [1.165, 1.54) is 39.9 Å². The van der Waals surface area contributed by atoms with Crippen molar-refractivity contribution in [1.82, 2.24) is 4.98 Å². The highest BCUT2D eigenvalue weighted by Gasteiger charge is 2.30. The van der Waals surface area contributed by atoms with Gasteiger partial charge < -0.3 is 9.47 Å². The Morgan fingerprint density at radius 1 is 1.00 bits per heavy atom. The lowest BCUT2D eigenvalue weighted by Crippen LogP contribution is -2.29. The van der Waals surface area contributed by atoms with Crippen molar-refractivity contribution >= 4 is 38.1 Å². The standard InChI is InChI=1S/C26H23N3O5S2/c1-33-23-12-9-19(15-24(23)34-2)21-16-35-26(27-21)28-25(30)18-7-10-20(11-8-18)36(31,32)29-14-13-17-5-3-4-6-22(17)29/h3-12,15-16H,13-14H2,1-2H3,(H,27,28,30). The fraction of sp³-hybridized carbons (Fsp3) is 0.154. The van der Waals surface area contributed by atoms with E-state index < -0.39 is 10.0 Å². The van der Waals surface area contributed by atoms with E-state index in [9.17, 15) is 13.2 Å². The molecule has 0 saturated heterocycles. The van der Waals surface area contributed by atoms with Crippen molar-refractivity contribution in [2.24, 2.45) is 0 Å². The number of amides is 1. The molecule has 0 unspecified atom stereocenters. The van der Waals surface area contributed by atoms with Gasteiger partial charge in [-0.25, -0.2) is 13.4 Å². The fourth-order valence-corrected chi connectivity index (χ4v) is 6.31. The van der Waals surface area contributed by atoms with Gasteiger partial charge in [0, 0.05) is 23.1 Å². The van der Waals surface area contributed by atoms with Crippen molar-refractivity contribution in [3.05, 3.63) is 83.2 Å². The van der Waals surface area contributed by atoms with Crippen LogP contribution in [-0.4, -0.2) is 40.1 Å². The van der Waals surface area contributed by atoms with Crippen molar-refractivity contribution in [3.63, 3.8) is 0 Å². The second-order valence-corrected chi connectivity index (χ2v) is 10.8. The number of fused-ring (bicyclic) bond motifs is 1. The molecule has 5 rings (SSSR count). The molecule has 0 spiro atoms. The Balaban J connectivity index is 1.30. The van der Waals surface area contributed by atoms with Crippen LogP contribution in [0.1, 0.15) is 15.9 Å². The molecule has 36 heavy (non-hydrogen) atoms. The third-order valence-electron chi connectivity index (χ3n) is 5.95. The van der Waals surface area contributed by atoms with Gasteiger partial charge in [0.1, 0.15) is 0 Å². The zero-order valence-corrected chi connectivity index (χ0v) is 21.2. The quantitative estimate of drug-likeness (QED) is 0.374. The van der Waals surface area contributed by atoms with Crippen molar-refractivity contribution in [1.29, 1.82) is 0 Å². The van der Waals surface area contributed by atoms with Crippen LogP contribution in [0.15, 0.2) is 77.0 Å². The Bertz CT molecular complexity index is 1530. The number of carbonyl (C=O) groups excluding carboxylic acids is 1. The molecule has 0 atom stereocenters. The first-order valence-corrected chi connectivity index (χ1v) is 13.4. The number of ether oxygens (including phenoxy) is 2. The molecule has 0 saturated carbocycles. The number of nitrogens with one attached hydrogen (secondary N) is 1. The van der Waals surface area contributed by atoms with Crippen LogP contribution in [0.25, 0.3) is 11.3 Å². The Morgan fingerprint density at radius 3 is 2.50 bits per heavy atom. The summed E-state index contributed by atoms with van der Waals surface area (Å²) in [4.78, 5) is 17.4. The predicted molar refractivity (Wildman–Crippen MR) is 140 cm³/mol. The third kappa shape index (κ3) is 4.40. The molecule has 10 heteroatoms. The molecule has 0 fully saturated rings. The second kappa shape index (κ2) is 9.63. The molecule has 1 aliphatic rings. The summed E-state index contributed by atoms with van der Waals surface area (Å²) in [6.45, 7) is 0.399. The summed E-state index contributed by atoms with van der Waals surface area (Å²) in [5.74, 6) is 0.823. The SMILES string of the molecule is COc1ccc(-c2csc(NC(=O)c3ccc(S(=O)(=O)N4CCc5ccccc54)cc3)n2)cc1OC. The number of methoxy groups -OCH3 is 2. The first-order valence-electron chi connectivity index (χ1n) is 11.1. The molecule has 1 aliphatic heterocycles. The Labute approximate surface area is 213 Å². The van der Waals surface area contributed by atoms with Crippen LogP contribution < -0.4 is 19.1 Å². The third-order valence-corrected chi connectivity index (χ3v) is 8.54. The first kappa shape index (κ1) is 23.8. The number of nitrogens with zero attached hydrogens (tertiary/aromatic N) is 2. The van der Waals surface area contributed by atoms with Gasteiger partial charge in [-0.3, -0.25) is 14.4 Å². The average Bonchev–Trinajstić information content (AvgIpc) is 3.56. The maximum absolute atomic E-state index is 13.2. The number of benzene rings is 3. The summed E-state index contributed by atoms with van der Waals surface area (Å²) in [6, 6.07) is 18.9. The summed E-state index contributed by atoms with van der Waals surface area (Å²) in [7, 11) is -0.584. The molecular formula is C26H23N3O5S2. The monoisotopic (exact) mass is 521 g/mol. The van der Waals surface area contributed by atoms with Crippen LogP contribution in [0.2, 0.25) is 0 Å². The van der Waals surface area contributed by atoms with E-state index in [-0.39, 0.29) is 10.8 Å². The number of carbonyl (C=O) groups is 1. The smallest absolute Gasteiger partial charge is 0.264 e. The highest BCUT2D eigenvalue weighted by atomic mass is 32.2. The minimum atomic E-state index is -3.72. The van der Waals surface area contributed by atoms with E-state index in [0.717, 1.165) is 11.1 Å². The van der Waals surface area contributed by atoms with Crippen molar-refractivity contribution in [2.45, 2.75) is 11.3 Å². The molecule has 2 heterocycles. The number of thiazole rings is 1. The summed E-state index contributed by atoms with van der Waals surface area (Å²) >= 11 is 1.29. The Kier molecular flexibility index (Phi) is 6.38. The van der Waals surface area contributed by atoms with Crippen LogP contribution in [0.5, 0.6) is 11.5 Å². The summed E-state index contributed by atoms with van der Waals surface area (Å²) in [5, 5.41) is 5.04. The normalized spacial score (nSPS) is 12.8. The lowest BCUT2D eigenvalue weighted by atomic mass is 10.1. The van der Waals surface area contributed by atoms with Crippen LogP contribution in [0, 0.1) is 0 Å². The summed E-state index contributed by atoms with van der Waals surface area (Å²) in [6.07, 6.45) is 0.676. The Hall–Kier alpha value is -3.89. The summed E-state index contributed by atoms with van der Waals surface area (Å²) < 4.78 is 38.4. The number of rotatable bonds is 7. The minimum Gasteiger partial charge on any atom is -0.493 e. The van der Waals surface area contributed by atoms with Gasteiger partial charge in [-0.1, -0.05) is 18.2 Å². The predicted octanol–water partition coefficient (Wildman–Crippen LogP) is 4.83. The zero-order chi connectivity index (χ0) is 25.3. The molecule has 8 nitrogen and oxygen atoms in total. The number of hydrogen-bond acceptors (Lipinski definition) is 7. The molecule has 184 valence electrons. The maximum Gasteiger partial charge on any atom is 0.264 e. The number of sulfonamides is 1. The number of anilines is 2. The van der Waals surface area contributed by atoms with E-state index >= 15 is 0 Å². The number of aromatic nitrogens is 1. The molecule has 0 aliphatic carbocycles. The van der Waals surface area contributed by atoms with Crippen LogP contribution in [-0.2, 0) is 16.4 Å². The van der Waals surface area contributed by atoms with Crippen molar-refractivity contribution in [3.8, 4) is 22.8 Å². The van der Waals surface area contributed by atoms with Gasteiger partial charge in [0.05, 0.1) is 30.5 Å². The average molecular weight is 522 g/mol. The molecule has 1 amide bonds. The molecular weight excluding hydrogens is 498 g/mol. The van der Waals surface area contributed by atoms with Gasteiger partial charge >= 0.3 is 0 Å². The lowest BCUT2D eigenvalue weighted by molar-refractivity contribution is 0.102. The Morgan fingerprint density at radius 2 is 1.75 bits per heavy atom. The zero-order valence-electron chi connectivity index (χ0n) is 19.6. The fourth-order valence-electron chi connectivity index (χ4n) is 4.09. The highest BCUT2D eigenvalue weighted by molar-refractivity contribution is 7.92. The van der Waals surface area contributed by atoms with Crippen LogP contribution in [0.3, 0.4) is 0 Å². The van der Waals surface area contributed by atoms with E-state index in [0.29, 0.717) is 46.5 Å². The van der Waals surface area contributed by atoms with Crippen molar-refractivity contribution in [2.75, 3.05) is 30.4 Å². The minimum absolute atomic E-state index is 0.140. The molecule has 3 aromatic carbocycles. The van der Waals surface area contributed by atoms with Gasteiger partial charge in [-0.2, -0.15) is 0 Å². The molecule has 1 N–H and O–H groups in total. The topological polar surface area (TPSA) is 97.8 Å². The van der Waals surface area contributed by atoms with Gasteiger partial charge in [0.25, 0.3) is 15.9 Å².